The van der Waals surface area contributed by atoms with Gasteiger partial charge in [0.1, 0.15) is 6.04 Å². The summed E-state index contributed by atoms with van der Waals surface area (Å²) in [6.07, 6.45) is 2.86. The number of hydrogen-bond acceptors (Lipinski definition) is 7. The Morgan fingerprint density at radius 2 is 1.88 bits per heavy atom. The largest absolute Gasteiger partial charge is 0.379 e. The highest BCUT2D eigenvalue weighted by Gasteiger charge is 2.45. The molecule has 0 saturated carbocycles. The quantitative estimate of drug-likeness (QED) is 0.351. The predicted molar refractivity (Wildman–Crippen MR) is 122 cm³/mol. The smallest absolute Gasteiger partial charge is 0.264 e. The molecule has 0 radical (unpaired) electrons. The number of benzene rings is 1. The van der Waals surface area contributed by atoms with Gasteiger partial charge in [-0.25, -0.2) is 0 Å². The monoisotopic (exact) mass is 473 g/mol. The number of nitrogens with one attached hydrogen (secondary N) is 2. The summed E-state index contributed by atoms with van der Waals surface area (Å²) < 4.78 is 10.9. The molecule has 2 aliphatic rings. The van der Waals surface area contributed by atoms with Crippen molar-refractivity contribution in [1.29, 1.82) is 0 Å². The summed E-state index contributed by atoms with van der Waals surface area (Å²) in [6.45, 7) is 5.64. The van der Waals surface area contributed by atoms with E-state index in [1.165, 1.54) is 6.07 Å². The number of rotatable bonds is 12. The lowest BCUT2D eigenvalue weighted by molar-refractivity contribution is -0.136. The minimum absolute atomic E-state index is 0.0458. The van der Waals surface area contributed by atoms with Gasteiger partial charge in [-0.05, 0) is 45.2 Å². The average molecular weight is 474 g/mol. The number of ether oxygens (including phenoxy) is 2. The van der Waals surface area contributed by atoms with Gasteiger partial charge in [0.2, 0.25) is 17.7 Å². The fourth-order valence-corrected chi connectivity index (χ4v) is 3.94. The fourth-order valence-electron chi connectivity index (χ4n) is 3.94. The van der Waals surface area contributed by atoms with Gasteiger partial charge in [0.15, 0.2) is 0 Å². The highest BCUT2D eigenvalue weighted by molar-refractivity contribution is 6.26. The van der Waals surface area contributed by atoms with E-state index in [4.69, 9.17) is 9.47 Å². The minimum Gasteiger partial charge on any atom is -0.379 e. The summed E-state index contributed by atoms with van der Waals surface area (Å²) in [5, 5.41) is 4.89. The van der Waals surface area contributed by atoms with Crippen molar-refractivity contribution in [3.63, 3.8) is 0 Å². The Morgan fingerprint density at radius 1 is 1.09 bits per heavy atom. The molecule has 1 saturated heterocycles. The van der Waals surface area contributed by atoms with Crippen molar-refractivity contribution in [3.05, 3.63) is 29.3 Å². The summed E-state index contributed by atoms with van der Waals surface area (Å²) in [5.41, 5.74) is 0.442. The lowest BCUT2D eigenvalue weighted by Gasteiger charge is -2.27. The van der Waals surface area contributed by atoms with E-state index in [1.54, 1.807) is 12.1 Å². The van der Waals surface area contributed by atoms with Crippen molar-refractivity contribution >= 4 is 35.2 Å². The molecule has 2 heterocycles. The van der Waals surface area contributed by atoms with Crippen molar-refractivity contribution in [3.8, 4) is 0 Å². The van der Waals surface area contributed by atoms with Crippen LogP contribution in [0.5, 0.6) is 0 Å². The van der Waals surface area contributed by atoms with Gasteiger partial charge < -0.3 is 14.8 Å². The van der Waals surface area contributed by atoms with Gasteiger partial charge in [0, 0.05) is 19.4 Å². The number of fused-ring (bicyclic) bond motifs is 1. The van der Waals surface area contributed by atoms with Gasteiger partial charge >= 0.3 is 0 Å². The van der Waals surface area contributed by atoms with Gasteiger partial charge in [0.05, 0.1) is 36.1 Å². The number of nitrogens with zero attached hydrogens (tertiary/aromatic N) is 1. The molecule has 1 fully saturated rings. The Kier molecular flexibility index (Phi) is 8.89. The molecule has 0 aliphatic carbocycles. The second kappa shape index (κ2) is 11.8. The van der Waals surface area contributed by atoms with E-state index in [2.05, 4.69) is 10.6 Å². The maximum absolute atomic E-state index is 13.0. The second-order valence-corrected chi connectivity index (χ2v) is 8.57. The summed E-state index contributed by atoms with van der Waals surface area (Å²) in [7, 11) is 0. The van der Waals surface area contributed by atoms with Crippen LogP contribution in [0.2, 0.25) is 0 Å². The van der Waals surface area contributed by atoms with E-state index in [-0.39, 0.29) is 48.1 Å². The molecule has 2 N–H and O–H groups in total. The Balaban J connectivity index is 1.49. The van der Waals surface area contributed by atoms with E-state index in [0.717, 1.165) is 17.7 Å². The number of imide groups is 2. The molecule has 184 valence electrons. The zero-order valence-corrected chi connectivity index (χ0v) is 19.6. The molecule has 34 heavy (non-hydrogen) atoms. The molecule has 10 nitrogen and oxygen atoms in total. The first-order valence-electron chi connectivity index (χ1n) is 11.6. The third kappa shape index (κ3) is 6.27. The highest BCUT2D eigenvalue weighted by atomic mass is 16.5. The van der Waals surface area contributed by atoms with Crippen molar-refractivity contribution in [2.75, 3.05) is 25.1 Å². The number of amides is 5. The van der Waals surface area contributed by atoms with Crippen LogP contribution in [-0.4, -0.2) is 66.4 Å². The standard InChI is InChI=1S/C24H31N3O7/c1-15(2)34-14-13-33-12-5-3-4-9-19(28)25-17-8-6-7-16-21(17)24(32)27(23(16)31)18-10-11-20(29)26-22(18)30/h6-8,15,18H,3-5,9-14H2,1-2H3,(H,25,28)(H,26,29,30). The Bertz CT molecular complexity index is 960. The normalized spacial score (nSPS) is 17.9. The first-order valence-corrected chi connectivity index (χ1v) is 11.6. The van der Waals surface area contributed by atoms with Crippen LogP contribution in [0.1, 0.15) is 73.1 Å². The Morgan fingerprint density at radius 3 is 2.62 bits per heavy atom. The van der Waals surface area contributed by atoms with Crippen LogP contribution < -0.4 is 10.6 Å². The molecular formula is C24H31N3O7. The molecule has 0 aromatic heterocycles. The van der Waals surface area contributed by atoms with Crippen LogP contribution in [-0.2, 0) is 23.9 Å². The molecule has 3 rings (SSSR count). The fraction of sp³-hybridized carbons (Fsp3) is 0.542. The van der Waals surface area contributed by atoms with Crippen LogP contribution in [0.4, 0.5) is 5.69 Å². The third-order valence-corrected chi connectivity index (χ3v) is 5.61. The van der Waals surface area contributed by atoms with Gasteiger partial charge in [-0.3, -0.25) is 34.2 Å². The topological polar surface area (TPSA) is 131 Å². The van der Waals surface area contributed by atoms with Crippen LogP contribution >= 0.6 is 0 Å². The molecule has 1 aromatic rings. The maximum atomic E-state index is 13.0. The van der Waals surface area contributed by atoms with Crippen LogP contribution in [0.3, 0.4) is 0 Å². The van der Waals surface area contributed by atoms with E-state index >= 15 is 0 Å². The summed E-state index contributed by atoms with van der Waals surface area (Å²) in [4.78, 5) is 62.8. The van der Waals surface area contributed by atoms with Crippen molar-refractivity contribution in [2.45, 2.75) is 64.5 Å². The SMILES string of the molecule is CC(C)OCCOCCCCCC(=O)Nc1cccc2c1C(=O)N(C1CCC(=O)NC1=O)C2=O. The van der Waals surface area contributed by atoms with E-state index in [9.17, 15) is 24.0 Å². The minimum atomic E-state index is -1.05. The van der Waals surface area contributed by atoms with Crippen molar-refractivity contribution in [1.82, 2.24) is 10.2 Å². The van der Waals surface area contributed by atoms with Gasteiger partial charge in [-0.15, -0.1) is 0 Å². The highest BCUT2D eigenvalue weighted by Crippen LogP contribution is 2.32. The molecule has 1 aromatic carbocycles. The molecule has 2 aliphatic heterocycles. The molecule has 1 unspecified atom stereocenters. The molecule has 5 amide bonds. The lowest BCUT2D eigenvalue weighted by Crippen LogP contribution is -2.54. The zero-order chi connectivity index (χ0) is 24.7. The predicted octanol–water partition coefficient (Wildman–Crippen LogP) is 2.03. The first-order chi connectivity index (χ1) is 16.3. The van der Waals surface area contributed by atoms with E-state index < -0.39 is 29.7 Å². The Labute approximate surface area is 198 Å². The van der Waals surface area contributed by atoms with Crippen LogP contribution in [0.15, 0.2) is 18.2 Å². The van der Waals surface area contributed by atoms with Gasteiger partial charge in [0.25, 0.3) is 11.8 Å². The number of carbonyl (C=O) groups is 5. The van der Waals surface area contributed by atoms with E-state index in [0.29, 0.717) is 26.2 Å². The number of anilines is 1. The van der Waals surface area contributed by atoms with Gasteiger partial charge in [-0.2, -0.15) is 0 Å². The number of hydrogen-bond donors (Lipinski definition) is 2. The summed E-state index contributed by atoms with van der Waals surface area (Å²) in [5.74, 6) is -2.63. The molecule has 0 spiro atoms. The summed E-state index contributed by atoms with van der Waals surface area (Å²) in [6, 6.07) is 3.58. The molecular weight excluding hydrogens is 442 g/mol. The second-order valence-electron chi connectivity index (χ2n) is 8.57. The van der Waals surface area contributed by atoms with Crippen molar-refractivity contribution in [2.24, 2.45) is 0 Å². The van der Waals surface area contributed by atoms with Crippen LogP contribution in [0, 0.1) is 0 Å². The third-order valence-electron chi connectivity index (χ3n) is 5.61. The number of carbonyl (C=O) groups excluding carboxylic acids is 5. The molecule has 0 bridgehead atoms. The molecule has 1 atom stereocenters. The van der Waals surface area contributed by atoms with Crippen LogP contribution in [0.25, 0.3) is 0 Å². The van der Waals surface area contributed by atoms with E-state index in [1.807, 2.05) is 13.8 Å². The van der Waals surface area contributed by atoms with Crippen molar-refractivity contribution < 1.29 is 33.4 Å². The first kappa shape index (κ1) is 25.5. The lowest BCUT2D eigenvalue weighted by atomic mass is 10.0. The molecule has 10 heteroatoms. The maximum Gasteiger partial charge on any atom is 0.264 e. The summed E-state index contributed by atoms with van der Waals surface area (Å²) >= 11 is 0. The Hall–Kier alpha value is -3.11. The zero-order valence-electron chi connectivity index (χ0n) is 19.6. The van der Waals surface area contributed by atoms with Gasteiger partial charge in [-0.1, -0.05) is 12.5 Å². The average Bonchev–Trinajstić information content (AvgIpc) is 3.03. The number of unbranched alkanes of at least 4 members (excludes halogenated alkanes) is 2. The number of piperidine rings is 1.